The fourth-order valence-corrected chi connectivity index (χ4v) is 8.51. The summed E-state index contributed by atoms with van der Waals surface area (Å²) in [6.07, 6.45) is 10.1. The first-order chi connectivity index (χ1) is 24.1. The van der Waals surface area contributed by atoms with Crippen LogP contribution >= 0.6 is 0 Å². The minimum atomic E-state index is -0.767. The largest absolute Gasteiger partial charge is 0.461 e. The predicted octanol–water partition coefficient (Wildman–Crippen LogP) is 4.65. The molecular weight excluding hydrogens is 640 g/mol. The van der Waals surface area contributed by atoms with Gasteiger partial charge in [-0.05, 0) is 69.1 Å². The van der Waals surface area contributed by atoms with Crippen LogP contribution in [0.4, 0.5) is 20.4 Å². The van der Waals surface area contributed by atoms with Crippen molar-refractivity contribution in [3.63, 3.8) is 0 Å². The second-order valence-corrected chi connectivity index (χ2v) is 14.7. The Kier molecular flexibility index (Phi) is 8.29. The van der Waals surface area contributed by atoms with Gasteiger partial charge < -0.3 is 20.3 Å². The highest BCUT2D eigenvalue weighted by atomic mass is 19.1. The van der Waals surface area contributed by atoms with E-state index in [0.29, 0.717) is 54.7 Å². The first kappa shape index (κ1) is 32.7. The summed E-state index contributed by atoms with van der Waals surface area (Å²) in [5.41, 5.74) is 5.83. The van der Waals surface area contributed by atoms with Crippen molar-refractivity contribution >= 4 is 39.2 Å². The van der Waals surface area contributed by atoms with E-state index in [1.165, 1.54) is 12.3 Å². The molecule has 50 heavy (non-hydrogen) atoms. The van der Waals surface area contributed by atoms with Crippen LogP contribution in [0, 0.1) is 17.6 Å². The van der Waals surface area contributed by atoms with E-state index in [0.717, 1.165) is 45.3 Å². The topological polar surface area (TPSA) is 117 Å². The smallest absolute Gasteiger partial charge is 0.319 e. The Balaban J connectivity index is 1.16. The van der Waals surface area contributed by atoms with Crippen molar-refractivity contribution in [3.8, 4) is 17.4 Å². The molecule has 8 rings (SSSR count). The van der Waals surface area contributed by atoms with Gasteiger partial charge in [-0.3, -0.25) is 19.6 Å². The Morgan fingerprint density at radius 2 is 2.00 bits per heavy atom. The first-order valence-corrected chi connectivity index (χ1v) is 17.6. The number of fused-ring (bicyclic) bond motifs is 3. The molecular formula is C37H43F2N9O2. The molecule has 11 nitrogen and oxygen atoms in total. The summed E-state index contributed by atoms with van der Waals surface area (Å²) in [6.45, 7) is 6.84. The zero-order chi connectivity index (χ0) is 34.7. The van der Waals surface area contributed by atoms with Crippen molar-refractivity contribution in [2.75, 3.05) is 64.1 Å². The van der Waals surface area contributed by atoms with Crippen molar-refractivity contribution in [3.05, 3.63) is 54.2 Å². The number of nitrogen functional groups attached to an aromatic ring is 1. The molecule has 4 atom stereocenters. The molecule has 4 aromatic rings. The molecule has 1 amide bonds. The number of carbonyl (C=O) groups excluding carboxylic acids is 1. The van der Waals surface area contributed by atoms with Gasteiger partial charge in [-0.2, -0.15) is 9.97 Å². The lowest BCUT2D eigenvalue weighted by Gasteiger charge is -2.35. The van der Waals surface area contributed by atoms with E-state index in [9.17, 15) is 4.79 Å². The second-order valence-electron chi connectivity index (χ2n) is 14.7. The summed E-state index contributed by atoms with van der Waals surface area (Å²) in [4.78, 5) is 39.9. The fourth-order valence-electron chi connectivity index (χ4n) is 8.51. The molecule has 0 bridgehead atoms. The van der Waals surface area contributed by atoms with Crippen LogP contribution in [0.15, 0.2) is 42.6 Å². The number of anilines is 2. The lowest BCUT2D eigenvalue weighted by molar-refractivity contribution is -0.125. The standard InChI is InChI=1S/C37H43F2N9O2/c1-22-17-37(12-5-13-48(37)19-22)21-50-36-43-32-26(18-41-34(31(32)39)33-30-23(16-28(40)42-33)6-4-7-27(30)38)35(44-36)46(3)25-11-15-47(20-25)29(49)9-8-24-10-14-45(24)2/h4,6-9,16,18,22,24-25H,5,10-15,17,19-21H2,1-3H3,(H2,40,42)/b9-8+/t22-,24+,25-,37+/m1/s1. The van der Waals surface area contributed by atoms with E-state index in [2.05, 4.69) is 38.7 Å². The van der Waals surface area contributed by atoms with Crippen LogP contribution in [-0.4, -0.2) is 112 Å². The van der Waals surface area contributed by atoms with Gasteiger partial charge in [0.2, 0.25) is 5.91 Å². The van der Waals surface area contributed by atoms with E-state index < -0.39 is 11.6 Å². The van der Waals surface area contributed by atoms with Gasteiger partial charge >= 0.3 is 6.01 Å². The number of benzene rings is 1. The molecule has 0 radical (unpaired) electrons. The van der Waals surface area contributed by atoms with Gasteiger partial charge in [-0.15, -0.1) is 0 Å². The number of rotatable bonds is 8. The third-order valence-electron chi connectivity index (χ3n) is 11.3. The lowest BCUT2D eigenvalue weighted by Crippen LogP contribution is -2.43. The minimum absolute atomic E-state index is 0.0000103. The first-order valence-electron chi connectivity index (χ1n) is 17.6. The Morgan fingerprint density at radius 3 is 2.80 bits per heavy atom. The molecule has 2 N–H and O–H groups in total. The quantitative estimate of drug-likeness (QED) is 0.263. The molecule has 4 aliphatic rings. The number of hydrogen-bond donors (Lipinski definition) is 1. The average molecular weight is 684 g/mol. The zero-order valence-electron chi connectivity index (χ0n) is 28.8. The molecule has 0 aliphatic carbocycles. The van der Waals surface area contributed by atoms with Gasteiger partial charge in [0.15, 0.2) is 5.82 Å². The summed E-state index contributed by atoms with van der Waals surface area (Å²) in [5.74, 6) is -0.215. The molecule has 0 saturated carbocycles. The molecule has 3 aromatic heterocycles. The normalized spacial score (nSPS) is 25.5. The number of halogens is 2. The van der Waals surface area contributed by atoms with Crippen LogP contribution in [-0.2, 0) is 4.79 Å². The Labute approximate surface area is 290 Å². The third kappa shape index (κ3) is 5.69. The highest BCUT2D eigenvalue weighted by Crippen LogP contribution is 2.42. The van der Waals surface area contributed by atoms with Crippen LogP contribution in [0.3, 0.4) is 0 Å². The third-order valence-corrected chi connectivity index (χ3v) is 11.3. The molecule has 0 spiro atoms. The lowest BCUT2D eigenvalue weighted by atomic mass is 9.92. The molecule has 262 valence electrons. The summed E-state index contributed by atoms with van der Waals surface area (Å²) in [5, 5.41) is 0.990. The molecule has 4 aliphatic heterocycles. The maximum atomic E-state index is 16.8. The summed E-state index contributed by atoms with van der Waals surface area (Å²) in [7, 11) is 3.95. The number of hydrogen-bond acceptors (Lipinski definition) is 10. The van der Waals surface area contributed by atoms with Crippen LogP contribution in [0.1, 0.15) is 39.0 Å². The van der Waals surface area contributed by atoms with E-state index in [1.807, 2.05) is 22.9 Å². The second kappa shape index (κ2) is 12.7. The van der Waals surface area contributed by atoms with Crippen molar-refractivity contribution in [2.24, 2.45) is 5.92 Å². The number of nitrogens with zero attached hydrogens (tertiary/aromatic N) is 8. The summed E-state index contributed by atoms with van der Waals surface area (Å²) in [6, 6.07) is 6.41. The van der Waals surface area contributed by atoms with E-state index >= 15 is 8.78 Å². The fraction of sp³-hybridized carbons (Fsp3) is 0.486. The number of likely N-dealkylation sites (N-methyl/N-ethyl adjacent to an activating group) is 2. The number of ether oxygens (including phenoxy) is 1. The van der Waals surface area contributed by atoms with E-state index in [1.54, 1.807) is 24.3 Å². The van der Waals surface area contributed by atoms with Gasteiger partial charge in [0.25, 0.3) is 0 Å². The number of likely N-dealkylation sites (tertiary alicyclic amines) is 2. The van der Waals surface area contributed by atoms with Gasteiger partial charge in [-0.1, -0.05) is 25.1 Å². The number of nitrogens with two attached hydrogens (primary N) is 1. The predicted molar refractivity (Wildman–Crippen MR) is 189 cm³/mol. The highest BCUT2D eigenvalue weighted by molar-refractivity contribution is 5.99. The van der Waals surface area contributed by atoms with E-state index in [4.69, 9.17) is 15.5 Å². The van der Waals surface area contributed by atoms with Crippen LogP contribution in [0.25, 0.3) is 33.1 Å². The Morgan fingerprint density at radius 1 is 1.14 bits per heavy atom. The number of aromatic nitrogens is 4. The average Bonchev–Trinajstić information content (AvgIpc) is 3.81. The number of carbonyl (C=O) groups is 1. The van der Waals surface area contributed by atoms with Gasteiger partial charge in [0.05, 0.1) is 10.9 Å². The van der Waals surface area contributed by atoms with Crippen molar-refractivity contribution in [2.45, 2.75) is 56.7 Å². The van der Waals surface area contributed by atoms with Crippen LogP contribution < -0.4 is 15.4 Å². The molecule has 0 unspecified atom stereocenters. The zero-order valence-corrected chi connectivity index (χ0v) is 28.8. The summed E-state index contributed by atoms with van der Waals surface area (Å²) < 4.78 is 38.4. The monoisotopic (exact) mass is 683 g/mol. The van der Waals surface area contributed by atoms with Gasteiger partial charge in [0.1, 0.15) is 41.0 Å². The van der Waals surface area contributed by atoms with Crippen LogP contribution in [0.2, 0.25) is 0 Å². The number of pyridine rings is 2. The van der Waals surface area contributed by atoms with Crippen molar-refractivity contribution < 1.29 is 18.3 Å². The molecule has 13 heteroatoms. The number of amides is 1. The van der Waals surface area contributed by atoms with Crippen molar-refractivity contribution in [1.29, 1.82) is 0 Å². The Hall–Kier alpha value is -4.49. The molecule has 7 heterocycles. The summed E-state index contributed by atoms with van der Waals surface area (Å²) >= 11 is 0. The van der Waals surface area contributed by atoms with E-state index in [-0.39, 0.29) is 51.6 Å². The van der Waals surface area contributed by atoms with Crippen LogP contribution in [0.5, 0.6) is 6.01 Å². The molecule has 1 aromatic carbocycles. The Bertz CT molecular complexity index is 2010. The molecule has 4 saturated heterocycles. The van der Waals surface area contributed by atoms with Crippen molar-refractivity contribution in [1.82, 2.24) is 34.6 Å². The van der Waals surface area contributed by atoms with Gasteiger partial charge in [-0.25, -0.2) is 13.8 Å². The van der Waals surface area contributed by atoms with Gasteiger partial charge in [0, 0.05) is 63.0 Å². The maximum Gasteiger partial charge on any atom is 0.319 e. The molecule has 4 fully saturated rings. The highest BCUT2D eigenvalue weighted by Gasteiger charge is 2.48. The minimum Gasteiger partial charge on any atom is -0.461 e. The SMILES string of the molecule is C[C@H]1CN2CCC[C@@]2(COc2nc(N(C)[C@@H]3CCN(C(=O)/C=C/[C@H]4CCN4C)C3)c3cnc(-c4nc(N)cc5cccc(F)c45)c(F)c3n2)C1. The maximum absolute atomic E-state index is 16.8.